The predicted octanol–water partition coefficient (Wildman–Crippen LogP) is 7.14. The molecule has 1 aliphatic heterocycles. The number of nitrogens with one attached hydrogen (secondary N) is 1. The van der Waals surface area contributed by atoms with Crippen molar-refractivity contribution < 1.29 is 18.8 Å². The largest absolute Gasteiger partial charge is 0.492 e. The molecule has 2 aliphatic rings. The molecule has 5 rings (SSSR count). The highest BCUT2D eigenvalue weighted by Gasteiger charge is 2.52. The maximum absolute atomic E-state index is 12.9. The summed E-state index contributed by atoms with van der Waals surface area (Å²) in [5.74, 6) is 0.0112. The molecule has 1 N–H and O–H groups in total. The summed E-state index contributed by atoms with van der Waals surface area (Å²) in [6.45, 7) is 8.60. The van der Waals surface area contributed by atoms with Gasteiger partial charge in [0.2, 0.25) is 0 Å². The lowest BCUT2D eigenvalue weighted by Gasteiger charge is -2.32. The number of amides is 1. The van der Waals surface area contributed by atoms with Gasteiger partial charge in [-0.25, -0.2) is 4.79 Å². The first-order chi connectivity index (χ1) is 18.2. The van der Waals surface area contributed by atoms with Crippen LogP contribution in [-0.2, 0) is 19.4 Å². The van der Waals surface area contributed by atoms with Crippen LogP contribution >= 0.6 is 15.9 Å². The third-order valence-corrected chi connectivity index (χ3v) is 8.48. The molecular weight excluding hydrogens is 541 g/mol. The molecule has 0 saturated carbocycles. The maximum Gasteiger partial charge on any atom is 0.492 e. The number of rotatable bonds is 7. The van der Waals surface area contributed by atoms with Gasteiger partial charge in [-0.1, -0.05) is 94.8 Å². The molecule has 1 saturated heterocycles. The second kappa shape index (κ2) is 10.7. The Morgan fingerprint density at radius 3 is 2.08 bits per heavy atom. The van der Waals surface area contributed by atoms with Gasteiger partial charge in [-0.2, -0.15) is 0 Å². The predicted molar refractivity (Wildman–Crippen MR) is 156 cm³/mol. The minimum Gasteiger partial charge on any atom is -0.449 e. The third-order valence-electron chi connectivity index (χ3n) is 7.88. The van der Waals surface area contributed by atoms with Crippen LogP contribution in [0.5, 0.6) is 0 Å². The van der Waals surface area contributed by atoms with Crippen LogP contribution < -0.4 is 5.32 Å². The fourth-order valence-electron chi connectivity index (χ4n) is 5.02. The smallest absolute Gasteiger partial charge is 0.449 e. The summed E-state index contributed by atoms with van der Waals surface area (Å²) in [5.41, 5.74) is 6.81. The van der Waals surface area contributed by atoms with E-state index in [4.69, 9.17) is 14.0 Å². The van der Waals surface area contributed by atoms with Crippen molar-refractivity contribution in [1.29, 1.82) is 0 Å². The lowest BCUT2D eigenvalue weighted by molar-refractivity contribution is 0.00578. The SMILES string of the molecule is CC1(C)OB(C(=Cc2ccccc2CBr)CNC(=O)OCC2c3ccccc3-c3ccccc32)OC1(C)C. The Labute approximate surface area is 233 Å². The van der Waals surface area contributed by atoms with Crippen LogP contribution in [0.15, 0.2) is 78.3 Å². The van der Waals surface area contributed by atoms with E-state index in [1.165, 1.54) is 22.3 Å². The van der Waals surface area contributed by atoms with Gasteiger partial charge in [0.25, 0.3) is 0 Å². The molecule has 196 valence electrons. The van der Waals surface area contributed by atoms with Gasteiger partial charge in [0.1, 0.15) is 6.61 Å². The zero-order chi connectivity index (χ0) is 26.9. The zero-order valence-corrected chi connectivity index (χ0v) is 23.9. The van der Waals surface area contributed by atoms with Crippen molar-refractivity contribution in [1.82, 2.24) is 5.32 Å². The molecule has 1 amide bonds. The number of carbonyl (C=O) groups is 1. The van der Waals surface area contributed by atoms with E-state index in [1.807, 2.05) is 70.2 Å². The summed E-state index contributed by atoms with van der Waals surface area (Å²) in [5, 5.41) is 3.66. The quantitative estimate of drug-likeness (QED) is 0.241. The van der Waals surface area contributed by atoms with Crippen LogP contribution in [0.3, 0.4) is 0 Å². The zero-order valence-electron chi connectivity index (χ0n) is 22.3. The van der Waals surface area contributed by atoms with Crippen LogP contribution in [-0.4, -0.2) is 37.6 Å². The molecule has 1 heterocycles. The fourth-order valence-corrected chi connectivity index (χ4v) is 5.53. The van der Waals surface area contributed by atoms with Crippen molar-refractivity contribution >= 4 is 35.2 Å². The lowest BCUT2D eigenvalue weighted by atomic mass is 9.76. The van der Waals surface area contributed by atoms with E-state index in [-0.39, 0.29) is 19.1 Å². The van der Waals surface area contributed by atoms with Crippen molar-refractivity contribution in [2.24, 2.45) is 0 Å². The minimum atomic E-state index is -0.586. The average Bonchev–Trinajstić information content (AvgIpc) is 3.34. The molecular formula is C31H33BBrNO4. The molecule has 3 aromatic carbocycles. The van der Waals surface area contributed by atoms with E-state index in [2.05, 4.69) is 57.6 Å². The summed E-state index contributed by atoms with van der Waals surface area (Å²) in [6, 6.07) is 24.8. The first-order valence-electron chi connectivity index (χ1n) is 13.0. The molecule has 3 aromatic rings. The highest BCUT2D eigenvalue weighted by atomic mass is 79.9. The number of benzene rings is 3. The van der Waals surface area contributed by atoms with E-state index in [0.717, 1.165) is 21.9 Å². The molecule has 0 spiro atoms. The normalized spacial score (nSPS) is 17.7. The Kier molecular flexibility index (Phi) is 7.54. The number of hydrogen-bond acceptors (Lipinski definition) is 4. The standard InChI is InChI=1S/C31H33BBrNO4/c1-30(2)31(3,4)38-32(37-30)23(17-21-11-5-6-12-22(21)18-33)19-34-29(35)36-20-28-26-15-9-7-13-24(26)25-14-8-10-16-27(25)28/h5-17,28H,18-20H2,1-4H3,(H,34,35). The lowest BCUT2D eigenvalue weighted by Crippen LogP contribution is -2.41. The topological polar surface area (TPSA) is 56.8 Å². The van der Waals surface area contributed by atoms with Crippen LogP contribution in [0.4, 0.5) is 4.79 Å². The number of halogens is 1. The molecule has 38 heavy (non-hydrogen) atoms. The van der Waals surface area contributed by atoms with E-state index in [1.54, 1.807) is 0 Å². The van der Waals surface area contributed by atoms with E-state index < -0.39 is 24.4 Å². The summed E-state index contributed by atoms with van der Waals surface area (Å²) >= 11 is 3.57. The molecule has 1 fully saturated rings. The Morgan fingerprint density at radius 1 is 0.921 bits per heavy atom. The van der Waals surface area contributed by atoms with Gasteiger partial charge in [0, 0.05) is 17.8 Å². The Bertz CT molecular complexity index is 1310. The Balaban J connectivity index is 1.31. The Hall–Kier alpha value is -2.87. The van der Waals surface area contributed by atoms with E-state index >= 15 is 0 Å². The fraction of sp³-hybridized carbons (Fsp3) is 0.323. The van der Waals surface area contributed by atoms with Gasteiger partial charge >= 0.3 is 13.2 Å². The van der Waals surface area contributed by atoms with Gasteiger partial charge in [-0.15, -0.1) is 0 Å². The minimum absolute atomic E-state index is 0.0112. The second-order valence-corrected chi connectivity index (χ2v) is 11.4. The van der Waals surface area contributed by atoms with E-state index in [9.17, 15) is 4.79 Å². The van der Waals surface area contributed by atoms with Crippen molar-refractivity contribution in [2.75, 3.05) is 13.2 Å². The first kappa shape index (κ1) is 26.7. The molecule has 1 aliphatic carbocycles. The maximum atomic E-state index is 12.9. The summed E-state index contributed by atoms with van der Waals surface area (Å²) in [7, 11) is -0.586. The highest BCUT2D eigenvalue weighted by Crippen LogP contribution is 2.44. The molecule has 0 radical (unpaired) electrons. The molecule has 0 atom stereocenters. The number of alkyl carbamates (subject to hydrolysis) is 1. The molecule has 5 nitrogen and oxygen atoms in total. The summed E-state index contributed by atoms with van der Waals surface area (Å²) in [4.78, 5) is 12.9. The van der Waals surface area contributed by atoms with Crippen molar-refractivity contribution in [3.8, 4) is 11.1 Å². The van der Waals surface area contributed by atoms with E-state index in [0.29, 0.717) is 0 Å². The summed E-state index contributed by atoms with van der Waals surface area (Å²) in [6.07, 6.45) is 1.57. The molecule has 0 unspecified atom stereocenters. The van der Waals surface area contributed by atoms with Crippen LogP contribution in [0.1, 0.15) is 55.9 Å². The van der Waals surface area contributed by atoms with Crippen LogP contribution in [0.25, 0.3) is 17.2 Å². The van der Waals surface area contributed by atoms with Gasteiger partial charge in [0.15, 0.2) is 0 Å². The number of alkyl halides is 1. The molecule has 0 bridgehead atoms. The van der Waals surface area contributed by atoms with Gasteiger partial charge < -0.3 is 19.4 Å². The van der Waals surface area contributed by atoms with Gasteiger partial charge in [-0.3, -0.25) is 0 Å². The third kappa shape index (κ3) is 5.20. The average molecular weight is 574 g/mol. The number of carbonyl (C=O) groups excluding carboxylic acids is 1. The molecule has 0 aromatic heterocycles. The van der Waals surface area contributed by atoms with Gasteiger partial charge in [0.05, 0.1) is 11.2 Å². The van der Waals surface area contributed by atoms with Crippen molar-refractivity contribution in [2.45, 2.75) is 50.1 Å². The number of ether oxygens (including phenoxy) is 1. The first-order valence-corrected chi connectivity index (χ1v) is 14.1. The number of hydrogen-bond donors (Lipinski definition) is 1. The highest BCUT2D eigenvalue weighted by molar-refractivity contribution is 9.08. The van der Waals surface area contributed by atoms with Crippen LogP contribution in [0, 0.1) is 0 Å². The summed E-state index contributed by atoms with van der Waals surface area (Å²) < 4.78 is 18.4. The molecule has 7 heteroatoms. The Morgan fingerprint density at radius 2 is 1.47 bits per heavy atom. The number of fused-ring (bicyclic) bond motifs is 3. The van der Waals surface area contributed by atoms with Crippen molar-refractivity contribution in [3.05, 3.63) is 101 Å². The van der Waals surface area contributed by atoms with Gasteiger partial charge in [-0.05, 0) is 66.5 Å². The van der Waals surface area contributed by atoms with Crippen LogP contribution in [0.2, 0.25) is 0 Å². The second-order valence-electron chi connectivity index (χ2n) is 10.8. The van der Waals surface area contributed by atoms with Crippen molar-refractivity contribution in [3.63, 3.8) is 0 Å². The monoisotopic (exact) mass is 573 g/mol.